The molecule has 3 aromatic carbocycles. The molecule has 45 heavy (non-hydrogen) atoms. The van der Waals surface area contributed by atoms with Gasteiger partial charge in [-0.1, -0.05) is 6.07 Å². The van der Waals surface area contributed by atoms with E-state index in [1.165, 1.54) is 24.3 Å². The minimum absolute atomic E-state index is 0.113. The number of benzene rings is 3. The molecule has 0 aromatic heterocycles. The highest BCUT2D eigenvalue weighted by molar-refractivity contribution is 5.95. The Bertz CT molecular complexity index is 1730. The highest BCUT2D eigenvalue weighted by Crippen LogP contribution is 2.58. The SMILES string of the molecule is Cc1c(-c2c(C3CC3)c3c(c(C4CC4)c2C(OC(C)(C)C)C(=O)O)CN(C(=O)c2cccc(F)c2)C3)cc(F)c2c1CCCO2. The van der Waals surface area contributed by atoms with Gasteiger partial charge in [-0.2, -0.15) is 0 Å². The van der Waals surface area contributed by atoms with Gasteiger partial charge in [-0.25, -0.2) is 13.6 Å². The lowest BCUT2D eigenvalue weighted by molar-refractivity contribution is -0.160. The van der Waals surface area contributed by atoms with Crippen LogP contribution in [-0.4, -0.2) is 34.1 Å². The zero-order valence-corrected chi connectivity index (χ0v) is 26.3. The summed E-state index contributed by atoms with van der Waals surface area (Å²) in [6.45, 7) is 8.60. The molecule has 7 rings (SSSR count). The van der Waals surface area contributed by atoms with E-state index in [-0.39, 0.29) is 29.1 Å². The molecule has 3 aromatic rings. The first-order valence-corrected chi connectivity index (χ1v) is 16.0. The molecule has 6 nitrogen and oxygen atoms in total. The summed E-state index contributed by atoms with van der Waals surface area (Å²) in [6.07, 6.45) is 3.80. The Morgan fingerprint density at radius 3 is 2.29 bits per heavy atom. The number of fused-ring (bicyclic) bond motifs is 2. The number of carbonyl (C=O) groups is 2. The van der Waals surface area contributed by atoms with Gasteiger partial charge in [-0.05, 0) is 141 Å². The first kappa shape index (κ1) is 29.9. The van der Waals surface area contributed by atoms with Crippen LogP contribution in [0.4, 0.5) is 8.78 Å². The number of carboxylic acids is 1. The van der Waals surface area contributed by atoms with Gasteiger partial charge < -0.3 is 19.5 Å². The average Bonchev–Trinajstić information content (AvgIpc) is 3.93. The molecule has 0 radical (unpaired) electrons. The van der Waals surface area contributed by atoms with Crippen LogP contribution in [0.25, 0.3) is 11.1 Å². The first-order chi connectivity index (χ1) is 21.4. The van der Waals surface area contributed by atoms with Gasteiger partial charge in [0.2, 0.25) is 0 Å². The number of rotatable bonds is 7. The number of hydrogen-bond donors (Lipinski definition) is 1. The normalized spacial score (nSPS) is 18.3. The van der Waals surface area contributed by atoms with Crippen molar-refractivity contribution >= 4 is 11.9 Å². The Balaban J connectivity index is 1.52. The molecule has 2 saturated carbocycles. The van der Waals surface area contributed by atoms with E-state index in [1.807, 2.05) is 27.7 Å². The second-order valence-corrected chi connectivity index (χ2v) is 14.0. The Kier molecular flexibility index (Phi) is 7.27. The van der Waals surface area contributed by atoms with Crippen molar-refractivity contribution < 1.29 is 33.0 Å². The molecule has 1 amide bonds. The van der Waals surface area contributed by atoms with Crippen molar-refractivity contribution in [2.45, 2.75) is 103 Å². The number of carboxylic acid groups (broad SMARTS) is 1. The van der Waals surface area contributed by atoms with Gasteiger partial charge in [0.15, 0.2) is 17.7 Å². The van der Waals surface area contributed by atoms with E-state index in [2.05, 4.69) is 0 Å². The predicted octanol–water partition coefficient (Wildman–Crippen LogP) is 8.12. The van der Waals surface area contributed by atoms with Crippen LogP contribution in [0.2, 0.25) is 0 Å². The third-order valence-corrected chi connectivity index (χ3v) is 9.53. The van der Waals surface area contributed by atoms with Crippen LogP contribution in [0, 0.1) is 18.6 Å². The van der Waals surface area contributed by atoms with Crippen molar-refractivity contribution in [1.29, 1.82) is 0 Å². The van der Waals surface area contributed by atoms with Crippen molar-refractivity contribution in [3.05, 3.63) is 86.5 Å². The third kappa shape index (κ3) is 5.41. The molecule has 0 saturated heterocycles. The summed E-state index contributed by atoms with van der Waals surface area (Å²) < 4.78 is 42.2. The minimum atomic E-state index is -1.29. The molecular weight excluding hydrogens is 576 g/mol. The van der Waals surface area contributed by atoms with Crippen LogP contribution in [0.1, 0.15) is 120 Å². The molecule has 0 spiro atoms. The molecule has 236 valence electrons. The molecule has 8 heteroatoms. The van der Waals surface area contributed by atoms with Gasteiger partial charge in [0.1, 0.15) is 5.82 Å². The van der Waals surface area contributed by atoms with Crippen molar-refractivity contribution in [3.8, 4) is 16.9 Å². The summed E-state index contributed by atoms with van der Waals surface area (Å²) in [5.41, 5.74) is 7.16. The standard InChI is InChI=1S/C37H39F2NO5/c1-19-24-9-6-14-44-33(24)28(39)16-25(19)31-29(20-10-11-20)26-17-40(35(41)22-7-5-8-23(38)15-22)18-27(26)30(21-12-13-21)32(31)34(36(42)43)45-37(2,3)4/h5,7-8,15-16,20-21,34H,6,9-14,17-18H2,1-4H3,(H,42,43). The average molecular weight is 616 g/mol. The van der Waals surface area contributed by atoms with E-state index in [9.17, 15) is 19.1 Å². The van der Waals surface area contributed by atoms with Gasteiger partial charge in [0.25, 0.3) is 5.91 Å². The monoisotopic (exact) mass is 615 g/mol. The maximum Gasteiger partial charge on any atom is 0.337 e. The van der Waals surface area contributed by atoms with E-state index in [4.69, 9.17) is 9.47 Å². The minimum Gasteiger partial charge on any atom is -0.490 e. The summed E-state index contributed by atoms with van der Waals surface area (Å²) >= 11 is 0. The second-order valence-electron chi connectivity index (χ2n) is 14.0. The molecule has 2 aliphatic heterocycles. The van der Waals surface area contributed by atoms with Crippen molar-refractivity contribution in [1.82, 2.24) is 4.90 Å². The van der Waals surface area contributed by atoms with E-state index in [0.717, 1.165) is 71.0 Å². The molecule has 1 N–H and O–H groups in total. The quantitative estimate of drug-likeness (QED) is 0.291. The Morgan fingerprint density at radius 2 is 1.67 bits per heavy atom. The molecule has 4 aliphatic rings. The van der Waals surface area contributed by atoms with Gasteiger partial charge in [0.05, 0.1) is 12.2 Å². The van der Waals surface area contributed by atoms with E-state index in [0.29, 0.717) is 37.2 Å². The molecule has 2 fully saturated rings. The van der Waals surface area contributed by atoms with Crippen molar-refractivity contribution in [3.63, 3.8) is 0 Å². The highest BCUT2D eigenvalue weighted by Gasteiger charge is 2.45. The number of aliphatic carboxylic acids is 1. The summed E-state index contributed by atoms with van der Waals surface area (Å²) in [5, 5.41) is 10.8. The number of amides is 1. The highest BCUT2D eigenvalue weighted by atomic mass is 19.1. The smallest absolute Gasteiger partial charge is 0.337 e. The summed E-state index contributed by atoms with van der Waals surface area (Å²) in [4.78, 5) is 28.7. The Labute approximate surface area is 262 Å². The Hall–Kier alpha value is -3.78. The predicted molar refractivity (Wildman–Crippen MR) is 166 cm³/mol. The number of ether oxygens (including phenoxy) is 2. The van der Waals surface area contributed by atoms with Crippen LogP contribution in [0.3, 0.4) is 0 Å². The lowest BCUT2D eigenvalue weighted by atomic mass is 9.77. The van der Waals surface area contributed by atoms with Crippen molar-refractivity contribution in [2.24, 2.45) is 0 Å². The second kappa shape index (κ2) is 10.9. The lowest BCUT2D eigenvalue weighted by Crippen LogP contribution is -2.29. The van der Waals surface area contributed by atoms with E-state index < -0.39 is 29.3 Å². The van der Waals surface area contributed by atoms with Crippen molar-refractivity contribution in [2.75, 3.05) is 6.61 Å². The summed E-state index contributed by atoms with van der Waals surface area (Å²) in [7, 11) is 0. The van der Waals surface area contributed by atoms with Crippen LogP contribution in [-0.2, 0) is 29.0 Å². The van der Waals surface area contributed by atoms with Crippen LogP contribution < -0.4 is 4.74 Å². The molecule has 1 unspecified atom stereocenters. The molecule has 0 bridgehead atoms. The number of hydrogen-bond acceptors (Lipinski definition) is 4. The fraction of sp³-hybridized carbons (Fsp3) is 0.459. The molecule has 2 aliphatic carbocycles. The zero-order valence-electron chi connectivity index (χ0n) is 26.3. The molecular formula is C37H39F2NO5. The zero-order chi connectivity index (χ0) is 31.8. The number of nitrogens with zero attached hydrogens (tertiary/aromatic N) is 1. The van der Waals surface area contributed by atoms with Crippen LogP contribution >= 0.6 is 0 Å². The van der Waals surface area contributed by atoms with Gasteiger partial charge in [-0.3, -0.25) is 4.79 Å². The maximum absolute atomic E-state index is 15.9. The fourth-order valence-electron chi connectivity index (χ4n) is 7.39. The summed E-state index contributed by atoms with van der Waals surface area (Å²) in [6, 6.07) is 7.24. The van der Waals surface area contributed by atoms with Crippen LogP contribution in [0.5, 0.6) is 5.75 Å². The first-order valence-electron chi connectivity index (χ1n) is 16.0. The Morgan fingerprint density at radius 1 is 1.00 bits per heavy atom. The van der Waals surface area contributed by atoms with Crippen LogP contribution in [0.15, 0.2) is 30.3 Å². The molecule has 2 heterocycles. The van der Waals surface area contributed by atoms with Gasteiger partial charge in [0, 0.05) is 29.8 Å². The van der Waals surface area contributed by atoms with E-state index >= 15 is 4.39 Å². The lowest BCUT2D eigenvalue weighted by Gasteiger charge is -2.32. The molecule has 1 atom stereocenters. The maximum atomic E-state index is 15.9. The topological polar surface area (TPSA) is 76.1 Å². The largest absolute Gasteiger partial charge is 0.490 e. The summed E-state index contributed by atoms with van der Waals surface area (Å²) in [5.74, 6) is -1.74. The van der Waals surface area contributed by atoms with Gasteiger partial charge >= 0.3 is 5.97 Å². The van der Waals surface area contributed by atoms with E-state index in [1.54, 1.807) is 11.0 Å². The fourth-order valence-corrected chi connectivity index (χ4v) is 7.39. The number of halogens is 2. The number of carbonyl (C=O) groups excluding carboxylic acids is 1. The van der Waals surface area contributed by atoms with Gasteiger partial charge in [-0.15, -0.1) is 0 Å². The third-order valence-electron chi connectivity index (χ3n) is 9.53.